The van der Waals surface area contributed by atoms with Gasteiger partial charge in [0.05, 0.1) is 0 Å². The zero-order valence-electron chi connectivity index (χ0n) is 11.3. The van der Waals surface area contributed by atoms with E-state index in [4.69, 9.17) is 5.73 Å². The Kier molecular flexibility index (Phi) is 4.57. The van der Waals surface area contributed by atoms with Crippen LogP contribution in [-0.2, 0) is 0 Å². The van der Waals surface area contributed by atoms with E-state index in [1.807, 2.05) is 6.26 Å². The SMILES string of the molecule is CCCNc1cc(-n2ccc(C(N)=O)n2)nc(SC)n1. The maximum atomic E-state index is 11.1. The number of hydrogen-bond donors (Lipinski definition) is 2. The van der Waals surface area contributed by atoms with Gasteiger partial charge in [-0.1, -0.05) is 18.7 Å². The molecule has 2 rings (SSSR count). The van der Waals surface area contributed by atoms with Crippen molar-refractivity contribution in [3.05, 3.63) is 24.0 Å². The lowest BCUT2D eigenvalue weighted by Crippen LogP contribution is -2.13. The Balaban J connectivity index is 2.35. The number of thioether (sulfide) groups is 1. The van der Waals surface area contributed by atoms with Gasteiger partial charge in [0.1, 0.15) is 11.5 Å². The van der Waals surface area contributed by atoms with Gasteiger partial charge in [-0.25, -0.2) is 14.6 Å². The van der Waals surface area contributed by atoms with Gasteiger partial charge in [0.2, 0.25) is 0 Å². The zero-order valence-corrected chi connectivity index (χ0v) is 12.1. The maximum absolute atomic E-state index is 11.1. The summed E-state index contributed by atoms with van der Waals surface area (Å²) in [5.74, 6) is 0.764. The van der Waals surface area contributed by atoms with Crippen molar-refractivity contribution in [2.75, 3.05) is 18.1 Å². The standard InChI is InChI=1S/C12H16N6OS/c1-3-5-14-9-7-10(16-12(15-9)20-2)18-6-4-8(17-18)11(13)19/h4,6-7H,3,5H2,1-2H3,(H2,13,19)(H,14,15,16). The second-order valence-electron chi connectivity index (χ2n) is 4.03. The number of anilines is 1. The number of carbonyl (C=O) groups excluding carboxylic acids is 1. The van der Waals surface area contributed by atoms with Gasteiger partial charge >= 0.3 is 0 Å². The van der Waals surface area contributed by atoms with Crippen LogP contribution >= 0.6 is 11.8 Å². The minimum Gasteiger partial charge on any atom is -0.370 e. The predicted molar refractivity (Wildman–Crippen MR) is 78.2 cm³/mol. The Morgan fingerprint density at radius 2 is 2.30 bits per heavy atom. The van der Waals surface area contributed by atoms with Gasteiger partial charge in [-0.3, -0.25) is 4.79 Å². The number of hydrogen-bond acceptors (Lipinski definition) is 6. The van der Waals surface area contributed by atoms with Crippen molar-refractivity contribution in [1.82, 2.24) is 19.7 Å². The molecule has 0 saturated heterocycles. The first-order valence-corrected chi connectivity index (χ1v) is 7.39. The first-order valence-electron chi connectivity index (χ1n) is 6.17. The Morgan fingerprint density at radius 1 is 1.50 bits per heavy atom. The van der Waals surface area contributed by atoms with Gasteiger partial charge < -0.3 is 11.1 Å². The highest BCUT2D eigenvalue weighted by atomic mass is 32.2. The van der Waals surface area contributed by atoms with Crippen LogP contribution in [0, 0.1) is 0 Å². The molecule has 8 heteroatoms. The van der Waals surface area contributed by atoms with Crippen LogP contribution in [0.2, 0.25) is 0 Å². The molecule has 0 fully saturated rings. The van der Waals surface area contributed by atoms with Crippen LogP contribution < -0.4 is 11.1 Å². The number of aromatic nitrogens is 4. The second kappa shape index (κ2) is 6.38. The topological polar surface area (TPSA) is 98.7 Å². The van der Waals surface area contributed by atoms with Gasteiger partial charge in [0.25, 0.3) is 5.91 Å². The van der Waals surface area contributed by atoms with Crippen molar-refractivity contribution in [2.45, 2.75) is 18.5 Å². The van der Waals surface area contributed by atoms with Crippen LogP contribution in [-0.4, -0.2) is 38.5 Å². The summed E-state index contributed by atoms with van der Waals surface area (Å²) in [6.45, 7) is 2.91. The summed E-state index contributed by atoms with van der Waals surface area (Å²) in [6, 6.07) is 3.34. The monoisotopic (exact) mass is 292 g/mol. The fraction of sp³-hybridized carbons (Fsp3) is 0.333. The highest BCUT2D eigenvalue weighted by molar-refractivity contribution is 7.98. The third-order valence-electron chi connectivity index (χ3n) is 2.51. The molecule has 0 aromatic carbocycles. The van der Waals surface area contributed by atoms with E-state index in [0.717, 1.165) is 18.8 Å². The average molecular weight is 292 g/mol. The largest absolute Gasteiger partial charge is 0.370 e. The number of nitrogens with two attached hydrogens (primary N) is 1. The van der Waals surface area contributed by atoms with Gasteiger partial charge in [0, 0.05) is 18.8 Å². The molecule has 106 valence electrons. The van der Waals surface area contributed by atoms with E-state index in [-0.39, 0.29) is 5.69 Å². The van der Waals surface area contributed by atoms with E-state index >= 15 is 0 Å². The number of carbonyl (C=O) groups is 1. The molecule has 1 amide bonds. The van der Waals surface area contributed by atoms with Crippen molar-refractivity contribution >= 4 is 23.5 Å². The molecular weight excluding hydrogens is 276 g/mol. The van der Waals surface area contributed by atoms with Gasteiger partial charge in [-0.05, 0) is 18.7 Å². The van der Waals surface area contributed by atoms with Crippen LogP contribution in [0.3, 0.4) is 0 Å². The first kappa shape index (κ1) is 14.3. The third kappa shape index (κ3) is 3.27. The predicted octanol–water partition coefficient (Wildman–Crippen LogP) is 1.30. The summed E-state index contributed by atoms with van der Waals surface area (Å²) in [5.41, 5.74) is 5.40. The van der Waals surface area contributed by atoms with Crippen molar-refractivity contribution in [3.8, 4) is 5.82 Å². The lowest BCUT2D eigenvalue weighted by molar-refractivity contribution is 0.0995. The van der Waals surface area contributed by atoms with Gasteiger partial charge in [0.15, 0.2) is 11.0 Å². The molecule has 3 N–H and O–H groups in total. The average Bonchev–Trinajstić information content (AvgIpc) is 2.94. The molecule has 0 saturated carbocycles. The lowest BCUT2D eigenvalue weighted by Gasteiger charge is -2.08. The van der Waals surface area contributed by atoms with E-state index in [9.17, 15) is 4.79 Å². The molecule has 0 spiro atoms. The Morgan fingerprint density at radius 3 is 2.90 bits per heavy atom. The smallest absolute Gasteiger partial charge is 0.269 e. The van der Waals surface area contributed by atoms with E-state index < -0.39 is 5.91 Å². The Bertz CT molecular complexity index is 612. The van der Waals surface area contributed by atoms with Crippen molar-refractivity contribution in [3.63, 3.8) is 0 Å². The Labute approximate surface area is 121 Å². The van der Waals surface area contributed by atoms with Gasteiger partial charge in [-0.15, -0.1) is 0 Å². The molecule has 0 aliphatic heterocycles. The summed E-state index contributed by atoms with van der Waals surface area (Å²) in [6.07, 6.45) is 4.55. The summed E-state index contributed by atoms with van der Waals surface area (Å²) in [7, 11) is 0. The number of rotatable bonds is 6. The Hall–Kier alpha value is -2.09. The molecule has 2 aromatic heterocycles. The number of amides is 1. The third-order valence-corrected chi connectivity index (χ3v) is 3.05. The van der Waals surface area contributed by atoms with Crippen molar-refractivity contribution in [1.29, 1.82) is 0 Å². The number of nitrogens with one attached hydrogen (secondary N) is 1. The molecule has 0 atom stereocenters. The number of primary amides is 1. The molecule has 7 nitrogen and oxygen atoms in total. The summed E-state index contributed by atoms with van der Waals surface area (Å²) < 4.78 is 1.51. The molecule has 0 aliphatic carbocycles. The van der Waals surface area contributed by atoms with E-state index in [2.05, 4.69) is 27.3 Å². The zero-order chi connectivity index (χ0) is 14.5. The molecule has 0 radical (unpaired) electrons. The van der Waals surface area contributed by atoms with E-state index in [0.29, 0.717) is 11.0 Å². The maximum Gasteiger partial charge on any atom is 0.269 e. The van der Waals surface area contributed by atoms with E-state index in [1.165, 1.54) is 16.4 Å². The minimum absolute atomic E-state index is 0.206. The summed E-state index contributed by atoms with van der Waals surface area (Å²) in [4.78, 5) is 19.8. The molecule has 20 heavy (non-hydrogen) atoms. The van der Waals surface area contributed by atoms with Crippen LogP contribution in [0.25, 0.3) is 5.82 Å². The minimum atomic E-state index is -0.563. The molecule has 0 aliphatic rings. The van der Waals surface area contributed by atoms with E-state index in [1.54, 1.807) is 18.3 Å². The summed E-state index contributed by atoms with van der Waals surface area (Å²) in [5, 5.41) is 7.94. The van der Waals surface area contributed by atoms with Crippen LogP contribution in [0.1, 0.15) is 23.8 Å². The quantitative estimate of drug-likeness (QED) is 0.615. The van der Waals surface area contributed by atoms with Crippen LogP contribution in [0.5, 0.6) is 0 Å². The highest BCUT2D eigenvalue weighted by Gasteiger charge is 2.09. The molecule has 0 bridgehead atoms. The fourth-order valence-corrected chi connectivity index (χ4v) is 1.92. The lowest BCUT2D eigenvalue weighted by atomic mass is 10.4. The second-order valence-corrected chi connectivity index (χ2v) is 4.81. The summed E-state index contributed by atoms with van der Waals surface area (Å²) >= 11 is 1.44. The molecule has 0 unspecified atom stereocenters. The number of nitrogens with zero attached hydrogens (tertiary/aromatic N) is 4. The van der Waals surface area contributed by atoms with Crippen LogP contribution in [0.15, 0.2) is 23.5 Å². The van der Waals surface area contributed by atoms with Crippen molar-refractivity contribution in [2.24, 2.45) is 5.73 Å². The fourth-order valence-electron chi connectivity index (χ4n) is 1.55. The molecule has 2 heterocycles. The first-order chi connectivity index (χ1) is 9.63. The molecule has 2 aromatic rings. The molecular formula is C12H16N6OS. The van der Waals surface area contributed by atoms with Gasteiger partial charge in [-0.2, -0.15) is 5.10 Å². The highest BCUT2D eigenvalue weighted by Crippen LogP contribution is 2.16. The van der Waals surface area contributed by atoms with Crippen molar-refractivity contribution < 1.29 is 4.79 Å². The normalized spacial score (nSPS) is 10.5. The van der Waals surface area contributed by atoms with Crippen LogP contribution in [0.4, 0.5) is 5.82 Å².